The standard InChI is InChI=1S/C10H15Si2/c1-12(2)11-9-8-10-6-4-3-5-7-10/h3-7H,8-9H2,1-2H3. The fourth-order valence-electron chi connectivity index (χ4n) is 1.10. The van der Waals surface area contributed by atoms with Gasteiger partial charge in [-0.3, -0.25) is 0 Å². The van der Waals surface area contributed by atoms with E-state index >= 15 is 0 Å². The Morgan fingerprint density at radius 3 is 2.42 bits per heavy atom. The molecule has 0 unspecified atom stereocenters. The molecule has 0 saturated heterocycles. The lowest BCUT2D eigenvalue weighted by molar-refractivity contribution is 1.13. The van der Waals surface area contributed by atoms with Crippen LogP contribution in [0.2, 0.25) is 19.1 Å². The monoisotopic (exact) mass is 191 g/mol. The summed E-state index contributed by atoms with van der Waals surface area (Å²) in [6.07, 6.45) is 1.27. The Morgan fingerprint density at radius 1 is 1.17 bits per heavy atom. The van der Waals surface area contributed by atoms with Gasteiger partial charge in [0.05, 0.1) is 0 Å². The van der Waals surface area contributed by atoms with E-state index in [1.165, 1.54) is 27.1 Å². The van der Waals surface area contributed by atoms with Crippen molar-refractivity contribution in [3.05, 3.63) is 35.9 Å². The van der Waals surface area contributed by atoms with Crippen molar-refractivity contribution < 1.29 is 0 Å². The number of benzene rings is 1. The summed E-state index contributed by atoms with van der Waals surface area (Å²) in [6.45, 7) is 4.79. The molecule has 0 fully saturated rings. The van der Waals surface area contributed by atoms with Crippen LogP contribution in [-0.4, -0.2) is 17.4 Å². The molecule has 12 heavy (non-hydrogen) atoms. The Kier molecular flexibility index (Phi) is 4.32. The maximum atomic E-state index is 2.40. The minimum absolute atomic E-state index is 0.0236. The van der Waals surface area contributed by atoms with Gasteiger partial charge >= 0.3 is 0 Å². The lowest BCUT2D eigenvalue weighted by Crippen LogP contribution is -2.12. The molecule has 1 aromatic rings. The van der Waals surface area contributed by atoms with Crippen molar-refractivity contribution in [2.24, 2.45) is 0 Å². The topological polar surface area (TPSA) is 0 Å². The maximum absolute atomic E-state index is 2.40. The number of hydrogen-bond donors (Lipinski definition) is 0. The highest BCUT2D eigenvalue weighted by atomic mass is 29.2. The van der Waals surface area contributed by atoms with E-state index < -0.39 is 0 Å². The van der Waals surface area contributed by atoms with Gasteiger partial charge in [-0.25, -0.2) is 0 Å². The van der Waals surface area contributed by atoms with E-state index in [1.807, 2.05) is 0 Å². The molecule has 1 rings (SSSR count). The predicted molar refractivity (Wildman–Crippen MR) is 58.2 cm³/mol. The summed E-state index contributed by atoms with van der Waals surface area (Å²) < 4.78 is 0. The van der Waals surface area contributed by atoms with Crippen LogP contribution in [0.1, 0.15) is 5.56 Å². The van der Waals surface area contributed by atoms with E-state index in [4.69, 9.17) is 0 Å². The van der Waals surface area contributed by atoms with E-state index in [-0.39, 0.29) is 8.31 Å². The lowest BCUT2D eigenvalue weighted by Gasteiger charge is -2.01. The second-order valence-corrected chi connectivity index (χ2v) is 10.1. The molecule has 0 spiro atoms. The highest BCUT2D eigenvalue weighted by Gasteiger charge is 1.97. The first-order valence-corrected chi connectivity index (χ1v) is 9.07. The van der Waals surface area contributed by atoms with Crippen LogP contribution in [-0.2, 0) is 6.42 Å². The molecule has 0 N–H and O–H groups in total. The minimum atomic E-state index is 0.0236. The first kappa shape index (κ1) is 9.74. The number of hydrogen-bond acceptors (Lipinski definition) is 0. The largest absolute Gasteiger partial charge is 0.0737 e. The summed E-state index contributed by atoms with van der Waals surface area (Å²) >= 11 is 0. The molecule has 0 nitrogen and oxygen atoms in total. The van der Waals surface area contributed by atoms with Gasteiger partial charge in [-0.15, -0.1) is 0 Å². The smallest absolute Gasteiger partial charge is 0.0278 e. The van der Waals surface area contributed by atoms with Gasteiger partial charge in [0.1, 0.15) is 0 Å². The van der Waals surface area contributed by atoms with E-state index in [0.29, 0.717) is 0 Å². The Bertz CT molecular complexity index is 206. The maximum Gasteiger partial charge on any atom is 0.0278 e. The molecule has 0 atom stereocenters. The molecule has 0 saturated carbocycles. The molecule has 3 radical (unpaired) electrons. The van der Waals surface area contributed by atoms with E-state index in [1.54, 1.807) is 0 Å². The van der Waals surface area contributed by atoms with Gasteiger partial charge in [-0.05, 0) is 12.0 Å². The second-order valence-electron chi connectivity index (χ2n) is 3.16. The molecule has 0 bridgehead atoms. The Hall–Kier alpha value is -0.346. The molecule has 0 aromatic heterocycles. The normalized spacial score (nSPS) is 10.6. The summed E-state index contributed by atoms with van der Waals surface area (Å²) in [4.78, 5) is 0. The van der Waals surface area contributed by atoms with Crippen molar-refractivity contribution in [2.45, 2.75) is 25.6 Å². The summed E-state index contributed by atoms with van der Waals surface area (Å²) in [7, 11) is 1.24. The highest BCUT2D eigenvalue weighted by Crippen LogP contribution is 2.02. The Labute approximate surface area is 79.2 Å². The average Bonchev–Trinajstić information content (AvgIpc) is 2.05. The quantitative estimate of drug-likeness (QED) is 0.642. The average molecular weight is 191 g/mol. The Balaban J connectivity index is 2.25. The summed E-state index contributed by atoms with van der Waals surface area (Å²) in [5, 5.41) is 0. The van der Waals surface area contributed by atoms with Crippen LogP contribution in [0.5, 0.6) is 0 Å². The highest BCUT2D eigenvalue weighted by molar-refractivity contribution is 7.11. The number of aryl methyl sites for hydroxylation is 1. The zero-order valence-electron chi connectivity index (χ0n) is 7.80. The fraction of sp³-hybridized carbons (Fsp3) is 0.400. The van der Waals surface area contributed by atoms with Crippen LogP contribution in [0, 0.1) is 0 Å². The molecule has 0 heterocycles. The van der Waals surface area contributed by atoms with Crippen molar-refractivity contribution in [1.82, 2.24) is 0 Å². The molecule has 1 aromatic carbocycles. The van der Waals surface area contributed by atoms with E-state index in [0.717, 1.165) is 0 Å². The van der Waals surface area contributed by atoms with Gasteiger partial charge in [0, 0.05) is 17.4 Å². The SMILES string of the molecule is C[Si](C)[Si]CCc1ccccc1. The van der Waals surface area contributed by atoms with Crippen LogP contribution >= 0.6 is 0 Å². The van der Waals surface area contributed by atoms with Crippen molar-refractivity contribution >= 4 is 17.4 Å². The first-order chi connectivity index (χ1) is 5.79. The van der Waals surface area contributed by atoms with Crippen molar-refractivity contribution in [1.29, 1.82) is 0 Å². The second kappa shape index (κ2) is 5.33. The molecule has 63 valence electrons. The zero-order chi connectivity index (χ0) is 8.81. The van der Waals surface area contributed by atoms with Gasteiger partial charge < -0.3 is 0 Å². The van der Waals surface area contributed by atoms with Gasteiger partial charge in [-0.2, -0.15) is 0 Å². The first-order valence-electron chi connectivity index (χ1n) is 4.37. The Morgan fingerprint density at radius 2 is 1.83 bits per heavy atom. The third-order valence-electron chi connectivity index (χ3n) is 1.74. The van der Waals surface area contributed by atoms with Gasteiger partial charge in [0.25, 0.3) is 0 Å². The summed E-state index contributed by atoms with van der Waals surface area (Å²) in [5.41, 5.74) is 1.49. The van der Waals surface area contributed by atoms with Crippen molar-refractivity contribution in [2.75, 3.05) is 0 Å². The van der Waals surface area contributed by atoms with Crippen LogP contribution in [0.4, 0.5) is 0 Å². The zero-order valence-corrected chi connectivity index (χ0v) is 9.80. The molecule has 0 aliphatic carbocycles. The van der Waals surface area contributed by atoms with Crippen LogP contribution in [0.3, 0.4) is 0 Å². The van der Waals surface area contributed by atoms with Gasteiger partial charge in [0.2, 0.25) is 0 Å². The third-order valence-corrected chi connectivity index (χ3v) is 5.81. The minimum Gasteiger partial charge on any atom is -0.0737 e. The van der Waals surface area contributed by atoms with Crippen LogP contribution < -0.4 is 0 Å². The van der Waals surface area contributed by atoms with E-state index in [9.17, 15) is 0 Å². The molecule has 0 aliphatic rings. The molecular formula is C10H15Si2. The number of rotatable bonds is 4. The predicted octanol–water partition coefficient (Wildman–Crippen LogP) is 2.60. The molecular weight excluding hydrogens is 176 g/mol. The van der Waals surface area contributed by atoms with Crippen molar-refractivity contribution in [3.63, 3.8) is 0 Å². The fourth-order valence-corrected chi connectivity index (χ4v) is 3.89. The van der Waals surface area contributed by atoms with Gasteiger partial charge in [-0.1, -0.05) is 49.5 Å². The molecule has 2 heteroatoms. The molecule has 0 amide bonds. The van der Waals surface area contributed by atoms with Gasteiger partial charge in [0.15, 0.2) is 0 Å². The summed E-state index contributed by atoms with van der Waals surface area (Å²) in [5.74, 6) is 0. The van der Waals surface area contributed by atoms with Crippen molar-refractivity contribution in [3.8, 4) is 0 Å². The van der Waals surface area contributed by atoms with Crippen LogP contribution in [0.25, 0.3) is 0 Å². The summed E-state index contributed by atoms with van der Waals surface area (Å²) in [6, 6.07) is 12.2. The lowest BCUT2D eigenvalue weighted by atomic mass is 10.2. The van der Waals surface area contributed by atoms with E-state index in [2.05, 4.69) is 43.4 Å². The third kappa shape index (κ3) is 3.88. The molecule has 0 aliphatic heterocycles. The van der Waals surface area contributed by atoms with Crippen LogP contribution in [0.15, 0.2) is 30.3 Å².